The van der Waals surface area contributed by atoms with Gasteiger partial charge in [-0.05, 0) is 79.8 Å². The number of fused-ring (bicyclic) bond motifs is 3. The Morgan fingerprint density at radius 2 is 1.39 bits per heavy atom. The Morgan fingerprint density at radius 3 is 1.97 bits per heavy atom. The predicted octanol–water partition coefficient (Wildman–Crippen LogP) is 5.72. The van der Waals surface area contributed by atoms with E-state index >= 15 is 0 Å². The van der Waals surface area contributed by atoms with Gasteiger partial charge in [-0.2, -0.15) is 11.8 Å². The number of aliphatic carboxylic acids is 1. The molecule has 4 rings (SSSR count). The Hall–Kier alpha value is -0.910. The highest BCUT2D eigenvalue weighted by molar-refractivity contribution is 7.99. The van der Waals surface area contributed by atoms with Crippen molar-refractivity contribution in [2.24, 2.45) is 35.5 Å². The molecule has 5 atom stereocenters. The van der Waals surface area contributed by atoms with E-state index in [-0.39, 0.29) is 0 Å². The largest absolute Gasteiger partial charge is 0.480 e. The van der Waals surface area contributed by atoms with Crippen LogP contribution in [0.25, 0.3) is 0 Å². The summed E-state index contributed by atoms with van der Waals surface area (Å²) in [7, 11) is 0. The van der Waals surface area contributed by atoms with Crippen molar-refractivity contribution in [1.82, 2.24) is 5.32 Å². The van der Waals surface area contributed by atoms with Crippen LogP contribution in [0.3, 0.4) is 0 Å². The molecule has 5 unspecified atom stereocenters. The summed E-state index contributed by atoms with van der Waals surface area (Å²) >= 11 is 1.66. The molecule has 0 bridgehead atoms. The van der Waals surface area contributed by atoms with Crippen molar-refractivity contribution in [3.8, 4) is 0 Å². The summed E-state index contributed by atoms with van der Waals surface area (Å²) in [6, 6.07) is -0.866. The van der Waals surface area contributed by atoms with E-state index in [1.807, 2.05) is 0 Å². The van der Waals surface area contributed by atoms with Crippen LogP contribution in [0.1, 0.15) is 83.5 Å². The van der Waals surface area contributed by atoms with Gasteiger partial charge in [-0.25, -0.2) is 9.59 Å². The summed E-state index contributed by atoms with van der Waals surface area (Å²) in [6.07, 6.45) is 16.5. The van der Waals surface area contributed by atoms with Crippen LogP contribution in [0.15, 0.2) is 0 Å². The van der Waals surface area contributed by atoms with E-state index in [1.165, 1.54) is 83.5 Å². The van der Waals surface area contributed by atoms with E-state index in [0.717, 1.165) is 17.6 Å². The first-order valence-corrected chi connectivity index (χ1v) is 14.0. The van der Waals surface area contributed by atoms with Crippen molar-refractivity contribution in [3.63, 3.8) is 0 Å². The lowest BCUT2D eigenvalue weighted by Crippen LogP contribution is -2.43. The fraction of sp³-hybridized carbons (Fsp3) is 0.920. The molecule has 4 fully saturated rings. The molecule has 4 aliphatic carbocycles. The lowest BCUT2D eigenvalue weighted by molar-refractivity contribution is -0.138. The number of carbonyl (C=O) groups excluding carboxylic acids is 1. The maximum Gasteiger partial charge on any atom is 0.407 e. The highest BCUT2D eigenvalue weighted by Crippen LogP contribution is 2.57. The Kier molecular flexibility index (Phi) is 8.47. The molecule has 0 radical (unpaired) electrons. The minimum absolute atomic E-state index is 0.416. The second-order valence-corrected chi connectivity index (χ2v) is 11.6. The number of carbonyl (C=O) groups is 2. The van der Waals surface area contributed by atoms with Crippen molar-refractivity contribution in [3.05, 3.63) is 0 Å². The van der Waals surface area contributed by atoms with Gasteiger partial charge in [-0.1, -0.05) is 44.9 Å². The smallest absolute Gasteiger partial charge is 0.407 e. The minimum atomic E-state index is -0.964. The molecule has 4 aliphatic rings. The van der Waals surface area contributed by atoms with Gasteiger partial charge in [-0.3, -0.25) is 0 Å². The summed E-state index contributed by atoms with van der Waals surface area (Å²) in [5.41, 5.74) is 0. The second-order valence-electron chi connectivity index (χ2n) is 10.6. The highest BCUT2D eigenvalue weighted by Gasteiger charge is 2.51. The van der Waals surface area contributed by atoms with Gasteiger partial charge >= 0.3 is 12.1 Å². The number of thioether (sulfide) groups is 1. The molecule has 6 heteroatoms. The third-order valence-electron chi connectivity index (χ3n) is 8.76. The van der Waals surface area contributed by atoms with E-state index in [0.29, 0.717) is 36.0 Å². The number of carboxylic acid groups (broad SMARTS) is 1. The number of nitrogens with one attached hydrogen (secondary N) is 1. The molecule has 0 aromatic carbocycles. The normalized spacial score (nSPS) is 34.4. The number of ether oxygens (including phenoxy) is 1. The Bertz CT molecular complexity index is 586. The molecule has 0 saturated heterocycles. The van der Waals surface area contributed by atoms with Crippen molar-refractivity contribution in [2.45, 2.75) is 89.5 Å². The van der Waals surface area contributed by atoms with Gasteiger partial charge < -0.3 is 15.2 Å². The zero-order valence-corrected chi connectivity index (χ0v) is 19.8. The Balaban J connectivity index is 1.24. The first kappa shape index (κ1) is 23.3. The van der Waals surface area contributed by atoms with Crippen LogP contribution < -0.4 is 5.32 Å². The summed E-state index contributed by atoms with van der Waals surface area (Å²) in [5, 5.41) is 12.2. The zero-order valence-electron chi connectivity index (χ0n) is 18.9. The first-order chi connectivity index (χ1) is 15.1. The number of rotatable bonds is 8. The van der Waals surface area contributed by atoms with Crippen LogP contribution in [0.4, 0.5) is 4.79 Å². The van der Waals surface area contributed by atoms with E-state index in [2.05, 4.69) is 5.32 Å². The van der Waals surface area contributed by atoms with Crippen LogP contribution in [0.5, 0.6) is 0 Å². The molecule has 0 spiro atoms. The maximum absolute atomic E-state index is 12.5. The standard InChI is InChI=1S/C25H41NO4S/c27-24(28)23(16-31-15-17-8-2-1-3-9-17)26-25(29)30-14-22-20-12-6-4-10-18(20)19-11-5-7-13-21(19)22/h17-23H,1-16H2,(H,26,29)(H,27,28). The highest BCUT2D eigenvalue weighted by atomic mass is 32.2. The van der Waals surface area contributed by atoms with Crippen molar-refractivity contribution in [1.29, 1.82) is 0 Å². The van der Waals surface area contributed by atoms with E-state index in [9.17, 15) is 14.7 Å². The molecule has 0 aromatic rings. The van der Waals surface area contributed by atoms with Crippen LogP contribution in [-0.2, 0) is 9.53 Å². The van der Waals surface area contributed by atoms with Gasteiger partial charge in [0.1, 0.15) is 6.04 Å². The monoisotopic (exact) mass is 451 g/mol. The van der Waals surface area contributed by atoms with Crippen molar-refractivity contribution >= 4 is 23.8 Å². The van der Waals surface area contributed by atoms with Gasteiger partial charge in [0.15, 0.2) is 0 Å². The summed E-state index contributed by atoms with van der Waals surface area (Å²) in [4.78, 5) is 24.2. The molecule has 31 heavy (non-hydrogen) atoms. The van der Waals surface area contributed by atoms with Gasteiger partial charge in [0.2, 0.25) is 0 Å². The third kappa shape index (κ3) is 5.91. The fourth-order valence-corrected chi connectivity index (χ4v) is 8.57. The lowest BCUT2D eigenvalue weighted by atomic mass is 9.73. The lowest BCUT2D eigenvalue weighted by Gasteiger charge is -2.32. The zero-order chi connectivity index (χ0) is 21.6. The van der Waals surface area contributed by atoms with Gasteiger partial charge in [0, 0.05) is 5.75 Å². The Labute approximate surface area is 191 Å². The molecule has 1 amide bonds. The molecule has 0 aliphatic heterocycles. The van der Waals surface area contributed by atoms with E-state index in [4.69, 9.17) is 4.74 Å². The number of amides is 1. The van der Waals surface area contributed by atoms with E-state index < -0.39 is 18.1 Å². The second kappa shape index (κ2) is 11.3. The first-order valence-electron chi connectivity index (χ1n) is 12.9. The molecule has 2 N–H and O–H groups in total. The summed E-state index contributed by atoms with van der Waals surface area (Å²) < 4.78 is 5.68. The number of carboxylic acids is 1. The fourth-order valence-electron chi connectivity index (χ4n) is 7.30. The molecular formula is C25H41NO4S. The molecule has 0 heterocycles. The van der Waals surface area contributed by atoms with Gasteiger partial charge in [0.25, 0.3) is 0 Å². The number of alkyl carbamates (subject to hydrolysis) is 1. The van der Waals surface area contributed by atoms with Crippen LogP contribution in [0, 0.1) is 35.5 Å². The number of hydrogen-bond donors (Lipinski definition) is 2. The topological polar surface area (TPSA) is 75.6 Å². The summed E-state index contributed by atoms with van der Waals surface area (Å²) in [5.74, 6) is 4.70. The Morgan fingerprint density at radius 1 is 0.839 bits per heavy atom. The average Bonchev–Trinajstić information content (AvgIpc) is 3.11. The number of hydrogen-bond acceptors (Lipinski definition) is 4. The minimum Gasteiger partial charge on any atom is -0.480 e. The molecule has 4 saturated carbocycles. The predicted molar refractivity (Wildman–Crippen MR) is 124 cm³/mol. The van der Waals surface area contributed by atoms with Crippen molar-refractivity contribution in [2.75, 3.05) is 18.1 Å². The molecule has 0 aromatic heterocycles. The van der Waals surface area contributed by atoms with Gasteiger partial charge in [-0.15, -0.1) is 0 Å². The molecule has 5 nitrogen and oxygen atoms in total. The van der Waals surface area contributed by atoms with E-state index in [1.54, 1.807) is 11.8 Å². The molecule has 176 valence electrons. The van der Waals surface area contributed by atoms with Gasteiger partial charge in [0.05, 0.1) is 6.61 Å². The van der Waals surface area contributed by atoms with Crippen molar-refractivity contribution < 1.29 is 19.4 Å². The summed E-state index contributed by atoms with van der Waals surface area (Å²) in [6.45, 7) is 0.468. The van der Waals surface area contributed by atoms with Crippen LogP contribution in [0.2, 0.25) is 0 Å². The quantitative estimate of drug-likeness (QED) is 0.493. The molecular weight excluding hydrogens is 410 g/mol. The van der Waals surface area contributed by atoms with Crippen LogP contribution in [-0.4, -0.2) is 41.3 Å². The SMILES string of the molecule is O=C(NC(CSCC1CCCCC1)C(=O)O)OCC1C2CCCCC2C2CCCCC21. The van der Waals surface area contributed by atoms with Crippen LogP contribution >= 0.6 is 11.8 Å². The average molecular weight is 452 g/mol. The third-order valence-corrected chi connectivity index (χ3v) is 10.0. The maximum atomic E-state index is 12.5.